The van der Waals surface area contributed by atoms with Crippen LogP contribution in [0.5, 0.6) is 0 Å². The van der Waals surface area contributed by atoms with E-state index in [0.717, 1.165) is 6.26 Å². The Balaban J connectivity index is 1.94. The van der Waals surface area contributed by atoms with Gasteiger partial charge in [-0.15, -0.1) is 0 Å². The highest BCUT2D eigenvalue weighted by atomic mass is 35.5. The van der Waals surface area contributed by atoms with Crippen LogP contribution in [0.3, 0.4) is 0 Å². The highest BCUT2D eigenvalue weighted by molar-refractivity contribution is 7.92. The molecule has 0 atom stereocenters. The van der Waals surface area contributed by atoms with Gasteiger partial charge in [-0.3, -0.25) is 9.10 Å². The number of hydrogen-bond donors (Lipinski definition) is 1. The topological polar surface area (TPSA) is 66.5 Å². The molecule has 0 fully saturated rings. The molecule has 0 bridgehead atoms. The van der Waals surface area contributed by atoms with E-state index < -0.39 is 10.0 Å². The molecule has 2 rings (SSSR count). The molecule has 2 aromatic carbocycles. The molecule has 0 aromatic heterocycles. The van der Waals surface area contributed by atoms with Crippen LogP contribution in [0, 0.1) is 12.7 Å². The zero-order chi connectivity index (χ0) is 20.0. The fourth-order valence-corrected chi connectivity index (χ4v) is 3.84. The second-order valence-corrected chi connectivity index (χ2v) is 8.54. The number of benzene rings is 2. The summed E-state index contributed by atoms with van der Waals surface area (Å²) in [5.74, 6) is -0.585. The molecule has 0 saturated carbocycles. The summed E-state index contributed by atoms with van der Waals surface area (Å²) in [6.45, 7) is 2.13. The molecule has 8 heteroatoms. The number of carbonyl (C=O) groups excluding carboxylic acids is 1. The summed E-state index contributed by atoms with van der Waals surface area (Å²) < 4.78 is 38.7. The smallest absolute Gasteiger partial charge is 0.232 e. The fourth-order valence-electron chi connectivity index (χ4n) is 2.65. The number of halogens is 2. The van der Waals surface area contributed by atoms with Crippen LogP contribution in [0.4, 0.5) is 10.1 Å². The Hall–Kier alpha value is -2.12. The zero-order valence-electron chi connectivity index (χ0n) is 15.2. The number of sulfonamides is 1. The van der Waals surface area contributed by atoms with Gasteiger partial charge in [0.05, 0.1) is 11.9 Å². The second kappa shape index (κ2) is 9.19. The van der Waals surface area contributed by atoms with Crippen LogP contribution >= 0.6 is 11.6 Å². The van der Waals surface area contributed by atoms with Crippen molar-refractivity contribution in [2.75, 3.05) is 17.1 Å². The highest BCUT2D eigenvalue weighted by Gasteiger charge is 2.20. The molecule has 2 aromatic rings. The molecular weight excluding hydrogens is 391 g/mol. The molecular formula is C19H22ClFN2O3S. The highest BCUT2D eigenvalue weighted by Crippen LogP contribution is 2.28. The number of nitrogens with one attached hydrogen (secondary N) is 1. The standard InChI is InChI=1S/C19H22ClFN2O3S/c1-14-17(20)8-4-9-18(14)23(27(2,25)26)11-5-10-19(24)22-13-15-6-3-7-16(21)12-15/h3-4,6-9,12H,5,10-11,13H2,1-2H3,(H,22,24). The van der Waals surface area contributed by atoms with Gasteiger partial charge in [-0.1, -0.05) is 29.8 Å². The summed E-state index contributed by atoms with van der Waals surface area (Å²) in [5, 5.41) is 3.18. The van der Waals surface area contributed by atoms with Gasteiger partial charge >= 0.3 is 0 Å². The van der Waals surface area contributed by atoms with Gasteiger partial charge < -0.3 is 5.32 Å². The first-order valence-corrected chi connectivity index (χ1v) is 10.6. The molecule has 0 heterocycles. The van der Waals surface area contributed by atoms with Crippen LogP contribution in [-0.4, -0.2) is 27.1 Å². The second-order valence-electron chi connectivity index (χ2n) is 6.23. The number of carbonyl (C=O) groups is 1. The average Bonchev–Trinajstić information content (AvgIpc) is 2.59. The van der Waals surface area contributed by atoms with Crippen molar-refractivity contribution in [1.29, 1.82) is 0 Å². The van der Waals surface area contributed by atoms with Gasteiger partial charge in [0.25, 0.3) is 0 Å². The molecule has 27 heavy (non-hydrogen) atoms. The SMILES string of the molecule is Cc1c(Cl)cccc1N(CCCC(=O)NCc1cccc(F)c1)S(C)(=O)=O. The normalized spacial score (nSPS) is 11.3. The van der Waals surface area contributed by atoms with Gasteiger partial charge in [-0.05, 0) is 48.7 Å². The van der Waals surface area contributed by atoms with Crippen molar-refractivity contribution in [2.24, 2.45) is 0 Å². The summed E-state index contributed by atoms with van der Waals surface area (Å²) in [7, 11) is -3.51. The van der Waals surface area contributed by atoms with E-state index in [0.29, 0.717) is 28.3 Å². The quantitative estimate of drug-likeness (QED) is 0.719. The summed E-state index contributed by atoms with van der Waals surface area (Å²) >= 11 is 6.09. The summed E-state index contributed by atoms with van der Waals surface area (Å²) in [5.41, 5.74) is 1.83. The molecule has 0 aliphatic carbocycles. The molecule has 0 spiro atoms. The van der Waals surface area contributed by atoms with Gasteiger partial charge in [0.2, 0.25) is 15.9 Å². The zero-order valence-corrected chi connectivity index (χ0v) is 16.8. The van der Waals surface area contributed by atoms with E-state index in [1.54, 1.807) is 37.3 Å². The van der Waals surface area contributed by atoms with Gasteiger partial charge in [0, 0.05) is 24.5 Å². The Labute approximate surface area is 164 Å². The van der Waals surface area contributed by atoms with Gasteiger partial charge in [-0.2, -0.15) is 0 Å². The van der Waals surface area contributed by atoms with Gasteiger partial charge in [0.15, 0.2) is 0 Å². The number of anilines is 1. The number of nitrogens with zero attached hydrogens (tertiary/aromatic N) is 1. The first-order valence-electron chi connectivity index (χ1n) is 8.42. The molecule has 0 saturated heterocycles. The minimum absolute atomic E-state index is 0.154. The van der Waals surface area contributed by atoms with Crippen LogP contribution < -0.4 is 9.62 Å². The lowest BCUT2D eigenvalue weighted by Crippen LogP contribution is -2.32. The molecule has 146 valence electrons. The Kier molecular flexibility index (Phi) is 7.21. The van der Waals surface area contributed by atoms with Crippen LogP contribution in [-0.2, 0) is 21.4 Å². The molecule has 5 nitrogen and oxygen atoms in total. The molecule has 1 N–H and O–H groups in total. The Morgan fingerprint density at radius 2 is 1.93 bits per heavy atom. The minimum Gasteiger partial charge on any atom is -0.352 e. The van der Waals surface area contributed by atoms with Crippen LogP contribution in [0.2, 0.25) is 5.02 Å². The fraction of sp³-hybridized carbons (Fsp3) is 0.316. The third-order valence-corrected chi connectivity index (χ3v) is 5.64. The predicted molar refractivity (Wildman–Crippen MR) is 106 cm³/mol. The predicted octanol–water partition coefficient (Wildman–Crippen LogP) is 3.65. The summed E-state index contributed by atoms with van der Waals surface area (Å²) in [6, 6.07) is 11.1. The van der Waals surface area contributed by atoms with E-state index in [-0.39, 0.29) is 31.2 Å². The lowest BCUT2D eigenvalue weighted by Gasteiger charge is -2.24. The van der Waals surface area contributed by atoms with Gasteiger partial charge in [-0.25, -0.2) is 12.8 Å². The molecule has 0 aliphatic heterocycles. The van der Waals surface area contributed by atoms with E-state index in [9.17, 15) is 17.6 Å². The van der Waals surface area contributed by atoms with Crippen molar-refractivity contribution in [1.82, 2.24) is 5.32 Å². The first kappa shape index (κ1) is 21.2. The largest absolute Gasteiger partial charge is 0.352 e. The molecule has 0 radical (unpaired) electrons. The Morgan fingerprint density at radius 1 is 1.22 bits per heavy atom. The lowest BCUT2D eigenvalue weighted by molar-refractivity contribution is -0.121. The van der Waals surface area contributed by atoms with Crippen molar-refractivity contribution in [3.05, 3.63) is 64.4 Å². The Bertz CT molecular complexity index is 919. The van der Waals surface area contributed by atoms with Crippen molar-refractivity contribution >= 4 is 33.2 Å². The summed E-state index contributed by atoms with van der Waals surface area (Å²) in [6.07, 6.45) is 1.62. The third-order valence-electron chi connectivity index (χ3n) is 4.05. The van der Waals surface area contributed by atoms with Crippen molar-refractivity contribution in [2.45, 2.75) is 26.3 Å². The maximum atomic E-state index is 13.1. The van der Waals surface area contributed by atoms with Crippen LogP contribution in [0.15, 0.2) is 42.5 Å². The first-order chi connectivity index (χ1) is 12.7. The van der Waals surface area contributed by atoms with E-state index in [1.165, 1.54) is 16.4 Å². The van der Waals surface area contributed by atoms with Crippen molar-refractivity contribution in [3.63, 3.8) is 0 Å². The monoisotopic (exact) mass is 412 g/mol. The van der Waals surface area contributed by atoms with E-state index in [1.807, 2.05) is 0 Å². The van der Waals surface area contributed by atoms with Crippen LogP contribution in [0.1, 0.15) is 24.0 Å². The van der Waals surface area contributed by atoms with Crippen LogP contribution in [0.25, 0.3) is 0 Å². The minimum atomic E-state index is -3.51. The Morgan fingerprint density at radius 3 is 2.59 bits per heavy atom. The van der Waals surface area contributed by atoms with Gasteiger partial charge in [0.1, 0.15) is 5.82 Å². The molecule has 1 amide bonds. The molecule has 0 unspecified atom stereocenters. The van der Waals surface area contributed by atoms with Crippen molar-refractivity contribution < 1.29 is 17.6 Å². The maximum absolute atomic E-state index is 13.1. The van der Waals surface area contributed by atoms with E-state index in [2.05, 4.69) is 5.32 Å². The lowest BCUT2D eigenvalue weighted by atomic mass is 10.2. The molecule has 0 aliphatic rings. The average molecular weight is 413 g/mol. The van der Waals surface area contributed by atoms with E-state index >= 15 is 0 Å². The van der Waals surface area contributed by atoms with E-state index in [4.69, 9.17) is 11.6 Å². The van der Waals surface area contributed by atoms with Crippen molar-refractivity contribution in [3.8, 4) is 0 Å². The number of amides is 1. The third kappa shape index (κ3) is 6.22. The summed E-state index contributed by atoms with van der Waals surface area (Å²) in [4.78, 5) is 12.0. The number of hydrogen-bond acceptors (Lipinski definition) is 3. The maximum Gasteiger partial charge on any atom is 0.232 e. The number of rotatable bonds is 8.